The van der Waals surface area contributed by atoms with Crippen LogP contribution in [-0.4, -0.2) is 11.0 Å². The molecular formula is C12H15F3N2. The standard InChI is InChI=1S/C12H15F3N2/c1-8(7-9-5-6-9)16-11-4-2-3-10(17-11)12(13,14)15/h2-4,8-9H,5-7H2,1H3,(H,16,17). The van der Waals surface area contributed by atoms with Crippen LogP contribution in [-0.2, 0) is 6.18 Å². The van der Waals surface area contributed by atoms with Crippen molar-refractivity contribution in [2.24, 2.45) is 5.92 Å². The SMILES string of the molecule is CC(CC1CC1)Nc1cccc(C(F)(F)F)n1. The van der Waals surface area contributed by atoms with E-state index in [4.69, 9.17) is 0 Å². The summed E-state index contributed by atoms with van der Waals surface area (Å²) >= 11 is 0. The van der Waals surface area contributed by atoms with Crippen molar-refractivity contribution in [3.05, 3.63) is 23.9 Å². The third-order valence-corrected chi connectivity index (χ3v) is 2.82. The summed E-state index contributed by atoms with van der Waals surface area (Å²) in [6.45, 7) is 1.97. The van der Waals surface area contributed by atoms with E-state index in [0.29, 0.717) is 5.82 Å². The Hall–Kier alpha value is -1.26. The molecule has 17 heavy (non-hydrogen) atoms. The van der Waals surface area contributed by atoms with Crippen LogP contribution >= 0.6 is 0 Å². The molecule has 1 aliphatic rings. The summed E-state index contributed by atoms with van der Waals surface area (Å²) in [4.78, 5) is 3.58. The maximum absolute atomic E-state index is 12.4. The van der Waals surface area contributed by atoms with Gasteiger partial charge in [-0.3, -0.25) is 0 Å². The molecule has 0 radical (unpaired) electrons. The zero-order valence-electron chi connectivity index (χ0n) is 9.59. The van der Waals surface area contributed by atoms with Gasteiger partial charge >= 0.3 is 6.18 Å². The van der Waals surface area contributed by atoms with E-state index in [-0.39, 0.29) is 6.04 Å². The quantitative estimate of drug-likeness (QED) is 0.873. The minimum absolute atomic E-state index is 0.165. The van der Waals surface area contributed by atoms with Gasteiger partial charge in [0.25, 0.3) is 0 Å². The van der Waals surface area contributed by atoms with E-state index in [9.17, 15) is 13.2 Å². The first-order chi connectivity index (χ1) is 7.95. The summed E-state index contributed by atoms with van der Waals surface area (Å²) in [5.41, 5.74) is -0.846. The van der Waals surface area contributed by atoms with Crippen LogP contribution in [0, 0.1) is 5.92 Å². The topological polar surface area (TPSA) is 24.9 Å². The molecule has 1 saturated carbocycles. The van der Waals surface area contributed by atoms with Crippen LogP contribution in [0.5, 0.6) is 0 Å². The van der Waals surface area contributed by atoms with E-state index >= 15 is 0 Å². The summed E-state index contributed by atoms with van der Waals surface area (Å²) in [6, 6.07) is 4.09. The Morgan fingerprint density at radius 1 is 1.41 bits per heavy atom. The molecule has 94 valence electrons. The lowest BCUT2D eigenvalue weighted by atomic mass is 10.1. The van der Waals surface area contributed by atoms with Gasteiger partial charge in [-0.25, -0.2) is 4.98 Å². The number of nitrogens with one attached hydrogen (secondary N) is 1. The van der Waals surface area contributed by atoms with Gasteiger partial charge in [0.2, 0.25) is 0 Å². The highest BCUT2D eigenvalue weighted by atomic mass is 19.4. The van der Waals surface area contributed by atoms with Crippen molar-refractivity contribution in [3.63, 3.8) is 0 Å². The Bertz CT molecular complexity index is 386. The highest BCUT2D eigenvalue weighted by Crippen LogP contribution is 2.34. The molecule has 2 rings (SSSR count). The highest BCUT2D eigenvalue weighted by molar-refractivity contribution is 5.36. The molecule has 1 unspecified atom stereocenters. The maximum atomic E-state index is 12.4. The molecule has 2 nitrogen and oxygen atoms in total. The summed E-state index contributed by atoms with van der Waals surface area (Å²) in [6.07, 6.45) is -0.903. The third kappa shape index (κ3) is 3.61. The van der Waals surface area contributed by atoms with Crippen molar-refractivity contribution >= 4 is 5.82 Å². The van der Waals surface area contributed by atoms with E-state index in [1.54, 1.807) is 6.07 Å². The van der Waals surface area contributed by atoms with Crippen molar-refractivity contribution in [1.29, 1.82) is 0 Å². The Balaban J connectivity index is 2.00. The summed E-state index contributed by atoms with van der Waals surface area (Å²) < 4.78 is 37.3. The van der Waals surface area contributed by atoms with Gasteiger partial charge in [-0.05, 0) is 31.4 Å². The Kier molecular flexibility index (Phi) is 3.26. The number of hydrogen-bond acceptors (Lipinski definition) is 2. The molecule has 0 bridgehead atoms. The second kappa shape index (κ2) is 4.55. The number of aromatic nitrogens is 1. The first-order valence-electron chi connectivity index (χ1n) is 5.76. The fraction of sp³-hybridized carbons (Fsp3) is 0.583. The lowest BCUT2D eigenvalue weighted by Gasteiger charge is -2.15. The first-order valence-corrected chi connectivity index (χ1v) is 5.76. The van der Waals surface area contributed by atoms with Crippen molar-refractivity contribution in [1.82, 2.24) is 4.98 Å². The maximum Gasteiger partial charge on any atom is 0.433 e. The highest BCUT2D eigenvalue weighted by Gasteiger charge is 2.32. The lowest BCUT2D eigenvalue weighted by molar-refractivity contribution is -0.141. The van der Waals surface area contributed by atoms with Crippen molar-refractivity contribution in [2.75, 3.05) is 5.32 Å². The van der Waals surface area contributed by atoms with E-state index in [1.165, 1.54) is 18.9 Å². The molecule has 0 spiro atoms. The average Bonchev–Trinajstić information content (AvgIpc) is 3.00. The average molecular weight is 244 g/mol. The van der Waals surface area contributed by atoms with Crippen LogP contribution < -0.4 is 5.32 Å². The number of hydrogen-bond donors (Lipinski definition) is 1. The number of rotatable bonds is 4. The normalized spacial score (nSPS) is 17.9. The molecule has 1 aromatic heterocycles. The molecule has 5 heteroatoms. The van der Waals surface area contributed by atoms with Crippen LogP contribution in [0.15, 0.2) is 18.2 Å². The minimum Gasteiger partial charge on any atom is -0.368 e. The smallest absolute Gasteiger partial charge is 0.368 e. The van der Waals surface area contributed by atoms with Gasteiger partial charge < -0.3 is 5.32 Å². The molecule has 1 aliphatic carbocycles. The van der Waals surface area contributed by atoms with Crippen LogP contribution in [0.4, 0.5) is 19.0 Å². The lowest BCUT2D eigenvalue weighted by Crippen LogP contribution is -2.18. The van der Waals surface area contributed by atoms with E-state index in [1.807, 2.05) is 6.92 Å². The number of anilines is 1. The molecular weight excluding hydrogens is 229 g/mol. The Labute approximate surface area is 98.2 Å². The van der Waals surface area contributed by atoms with E-state index < -0.39 is 11.9 Å². The van der Waals surface area contributed by atoms with E-state index in [2.05, 4.69) is 10.3 Å². The summed E-state index contributed by atoms with van der Waals surface area (Å²) in [7, 11) is 0. The molecule has 0 amide bonds. The molecule has 0 saturated heterocycles. The molecule has 1 fully saturated rings. The largest absolute Gasteiger partial charge is 0.433 e. The molecule has 1 N–H and O–H groups in total. The van der Waals surface area contributed by atoms with Crippen LogP contribution in [0.3, 0.4) is 0 Å². The van der Waals surface area contributed by atoms with Gasteiger partial charge in [0, 0.05) is 6.04 Å². The first kappa shape index (κ1) is 12.2. The van der Waals surface area contributed by atoms with Gasteiger partial charge in [0.1, 0.15) is 11.5 Å². The third-order valence-electron chi connectivity index (χ3n) is 2.82. The summed E-state index contributed by atoms with van der Waals surface area (Å²) in [5.74, 6) is 1.04. The number of pyridine rings is 1. The second-order valence-electron chi connectivity index (χ2n) is 4.63. The molecule has 0 aromatic carbocycles. The van der Waals surface area contributed by atoms with E-state index in [0.717, 1.165) is 18.4 Å². The monoisotopic (exact) mass is 244 g/mol. The molecule has 1 heterocycles. The predicted octanol–water partition coefficient (Wildman–Crippen LogP) is 3.70. The van der Waals surface area contributed by atoms with Gasteiger partial charge in [-0.1, -0.05) is 18.9 Å². The Morgan fingerprint density at radius 2 is 2.12 bits per heavy atom. The van der Waals surface area contributed by atoms with Gasteiger partial charge in [-0.15, -0.1) is 0 Å². The van der Waals surface area contributed by atoms with Gasteiger partial charge in [-0.2, -0.15) is 13.2 Å². The van der Waals surface area contributed by atoms with Crippen LogP contribution in [0.1, 0.15) is 31.9 Å². The van der Waals surface area contributed by atoms with Crippen LogP contribution in [0.2, 0.25) is 0 Å². The summed E-state index contributed by atoms with van der Waals surface area (Å²) in [5, 5.41) is 3.01. The second-order valence-corrected chi connectivity index (χ2v) is 4.63. The van der Waals surface area contributed by atoms with Crippen molar-refractivity contribution in [2.45, 2.75) is 38.4 Å². The zero-order chi connectivity index (χ0) is 12.5. The van der Waals surface area contributed by atoms with Gasteiger partial charge in [0.05, 0.1) is 0 Å². The minimum atomic E-state index is -4.38. The fourth-order valence-electron chi connectivity index (χ4n) is 1.84. The fourth-order valence-corrected chi connectivity index (χ4v) is 1.84. The van der Waals surface area contributed by atoms with Crippen molar-refractivity contribution < 1.29 is 13.2 Å². The molecule has 1 aromatic rings. The number of alkyl halides is 3. The molecule has 0 aliphatic heterocycles. The predicted molar refractivity (Wildman–Crippen MR) is 59.7 cm³/mol. The Morgan fingerprint density at radius 3 is 2.71 bits per heavy atom. The van der Waals surface area contributed by atoms with Crippen molar-refractivity contribution in [3.8, 4) is 0 Å². The van der Waals surface area contributed by atoms with Gasteiger partial charge in [0.15, 0.2) is 0 Å². The number of halogens is 3. The van der Waals surface area contributed by atoms with Crippen LogP contribution in [0.25, 0.3) is 0 Å². The number of nitrogens with zero attached hydrogens (tertiary/aromatic N) is 1. The molecule has 1 atom stereocenters. The zero-order valence-corrected chi connectivity index (χ0v) is 9.59.